The predicted molar refractivity (Wildman–Crippen MR) is 138 cm³/mol. The van der Waals surface area contributed by atoms with E-state index in [4.69, 9.17) is 0 Å². The molecule has 8 bridgehead atoms. The number of thioether (sulfide) groups is 1. The average molecular weight is 491 g/mol. The summed E-state index contributed by atoms with van der Waals surface area (Å²) in [7, 11) is 0. The van der Waals surface area contributed by atoms with Crippen LogP contribution in [0.3, 0.4) is 0 Å². The first kappa shape index (κ1) is 21.0. The number of fused-ring (bicyclic) bond motifs is 1. The maximum atomic E-state index is 14.3. The highest BCUT2D eigenvalue weighted by molar-refractivity contribution is 8.15. The topological polar surface area (TPSA) is 34.1 Å². The third kappa shape index (κ3) is 3.13. The van der Waals surface area contributed by atoms with Crippen molar-refractivity contribution in [2.24, 2.45) is 59.2 Å². The molecule has 2 aromatic rings. The Morgan fingerprint density at radius 2 is 1.18 bits per heavy atom. The number of ketones is 1. The van der Waals surface area contributed by atoms with Crippen molar-refractivity contribution >= 4 is 44.1 Å². The highest BCUT2D eigenvalue weighted by Crippen LogP contribution is 2.60. The van der Waals surface area contributed by atoms with Crippen LogP contribution in [0.15, 0.2) is 28.5 Å². The fourth-order valence-corrected chi connectivity index (χ4v) is 13.0. The van der Waals surface area contributed by atoms with Crippen LogP contribution in [-0.4, -0.2) is 10.9 Å². The first-order valence-corrected chi connectivity index (χ1v) is 15.5. The molecule has 0 saturated heterocycles. The molecule has 0 radical (unpaired) electrons. The van der Waals surface area contributed by atoms with Crippen LogP contribution in [0.4, 0.5) is 0 Å². The van der Waals surface area contributed by atoms with Crippen molar-refractivity contribution in [1.82, 2.24) is 0 Å². The van der Waals surface area contributed by atoms with Gasteiger partial charge in [-0.25, -0.2) is 0 Å². The molecule has 8 saturated carbocycles. The summed E-state index contributed by atoms with van der Waals surface area (Å²) in [6, 6.07) is 8.42. The van der Waals surface area contributed by atoms with Gasteiger partial charge in [-0.3, -0.25) is 9.59 Å². The summed E-state index contributed by atoms with van der Waals surface area (Å²) in [6.45, 7) is 0. The Labute approximate surface area is 210 Å². The molecule has 1 heterocycles. The SMILES string of the molecule is O=C(Sc1sc2ccccc2c1C(=O)C1C2CC3CC(C2)CC1C3)C1C2CC3CC(C2)CC1C3. The first-order valence-electron chi connectivity index (χ1n) is 13.9. The van der Waals surface area contributed by atoms with Gasteiger partial charge in [-0.2, -0.15) is 0 Å². The molecule has 0 amide bonds. The fourth-order valence-electron chi connectivity index (χ4n) is 10.3. The van der Waals surface area contributed by atoms with E-state index in [-0.39, 0.29) is 11.8 Å². The zero-order valence-electron chi connectivity index (χ0n) is 19.8. The first-order chi connectivity index (χ1) is 16.6. The van der Waals surface area contributed by atoms with E-state index in [1.54, 1.807) is 11.3 Å². The number of rotatable bonds is 4. The molecule has 178 valence electrons. The number of hydrogen-bond donors (Lipinski definition) is 0. The van der Waals surface area contributed by atoms with Crippen LogP contribution in [0.5, 0.6) is 0 Å². The van der Waals surface area contributed by atoms with E-state index in [0.29, 0.717) is 34.6 Å². The van der Waals surface area contributed by atoms with Gasteiger partial charge >= 0.3 is 0 Å². The zero-order valence-corrected chi connectivity index (χ0v) is 21.4. The Bertz CT molecular complexity index is 1120. The second-order valence-corrected chi connectivity index (χ2v) is 15.3. The smallest absolute Gasteiger partial charge is 0.198 e. The summed E-state index contributed by atoms with van der Waals surface area (Å²) in [6.07, 6.45) is 13.0. The Hall–Kier alpha value is -1.13. The molecule has 1 aromatic heterocycles. The van der Waals surface area contributed by atoms with Crippen LogP contribution >= 0.6 is 23.1 Å². The van der Waals surface area contributed by atoms with Crippen molar-refractivity contribution in [3.8, 4) is 0 Å². The molecule has 8 aliphatic rings. The van der Waals surface area contributed by atoms with Gasteiger partial charge in [0.2, 0.25) is 0 Å². The molecular weight excluding hydrogens is 456 g/mol. The van der Waals surface area contributed by atoms with Gasteiger partial charge in [0.15, 0.2) is 10.9 Å². The van der Waals surface area contributed by atoms with Crippen LogP contribution in [0, 0.1) is 59.2 Å². The van der Waals surface area contributed by atoms with E-state index < -0.39 is 0 Å². The lowest BCUT2D eigenvalue weighted by Crippen LogP contribution is -2.48. The molecule has 8 fully saturated rings. The molecule has 4 heteroatoms. The van der Waals surface area contributed by atoms with E-state index in [0.717, 1.165) is 38.8 Å². The summed E-state index contributed by atoms with van der Waals surface area (Å²) in [5.74, 6) is 6.70. The van der Waals surface area contributed by atoms with Crippen LogP contribution in [0.25, 0.3) is 10.1 Å². The molecule has 2 nitrogen and oxygen atoms in total. The van der Waals surface area contributed by atoms with Crippen LogP contribution < -0.4 is 0 Å². The number of Topliss-reactive ketones (excluding diaryl/α,β-unsaturated/α-hetero) is 1. The van der Waals surface area contributed by atoms with Crippen molar-refractivity contribution in [2.75, 3.05) is 0 Å². The van der Waals surface area contributed by atoms with Crippen LogP contribution in [0.1, 0.15) is 74.6 Å². The van der Waals surface area contributed by atoms with Crippen molar-refractivity contribution in [3.05, 3.63) is 29.8 Å². The van der Waals surface area contributed by atoms with E-state index >= 15 is 0 Å². The quantitative estimate of drug-likeness (QED) is 0.323. The molecule has 0 atom stereocenters. The molecule has 34 heavy (non-hydrogen) atoms. The molecule has 0 N–H and O–H groups in total. The monoisotopic (exact) mass is 490 g/mol. The zero-order chi connectivity index (χ0) is 22.6. The number of hydrogen-bond acceptors (Lipinski definition) is 4. The summed E-state index contributed by atoms with van der Waals surface area (Å²) in [4.78, 5) is 28.1. The normalized spacial score (nSPS) is 43.6. The van der Waals surface area contributed by atoms with Gasteiger partial charge in [0.05, 0.1) is 9.77 Å². The van der Waals surface area contributed by atoms with Gasteiger partial charge < -0.3 is 0 Å². The van der Waals surface area contributed by atoms with Crippen LogP contribution in [-0.2, 0) is 4.79 Å². The van der Waals surface area contributed by atoms with Gasteiger partial charge in [0, 0.05) is 21.9 Å². The summed E-state index contributed by atoms with van der Waals surface area (Å²) in [5, 5.41) is 1.48. The Morgan fingerprint density at radius 3 is 1.74 bits per heavy atom. The average Bonchev–Trinajstić information content (AvgIpc) is 3.15. The lowest BCUT2D eigenvalue weighted by atomic mass is 9.51. The molecule has 0 unspecified atom stereocenters. The largest absolute Gasteiger partial charge is 0.294 e. The molecule has 1 aromatic carbocycles. The maximum Gasteiger partial charge on any atom is 0.198 e. The lowest BCUT2D eigenvalue weighted by Gasteiger charge is -2.54. The third-order valence-corrected chi connectivity index (χ3v) is 13.4. The minimum absolute atomic E-state index is 0.196. The van der Waals surface area contributed by atoms with Crippen LogP contribution in [0.2, 0.25) is 0 Å². The Kier molecular flexibility index (Phi) is 4.75. The highest BCUT2D eigenvalue weighted by Gasteiger charge is 2.53. The summed E-state index contributed by atoms with van der Waals surface area (Å²) < 4.78 is 2.19. The van der Waals surface area contributed by atoms with E-state index in [2.05, 4.69) is 24.3 Å². The minimum Gasteiger partial charge on any atom is -0.294 e. The van der Waals surface area contributed by atoms with E-state index in [9.17, 15) is 9.59 Å². The maximum absolute atomic E-state index is 14.3. The Balaban J connectivity index is 1.13. The van der Waals surface area contributed by atoms with Gasteiger partial charge in [0.1, 0.15) is 0 Å². The minimum atomic E-state index is 0.196. The lowest BCUT2D eigenvalue weighted by molar-refractivity contribution is -0.126. The van der Waals surface area contributed by atoms with Crippen molar-refractivity contribution in [3.63, 3.8) is 0 Å². The molecule has 0 aliphatic heterocycles. The van der Waals surface area contributed by atoms with Crippen molar-refractivity contribution < 1.29 is 9.59 Å². The van der Waals surface area contributed by atoms with Gasteiger partial charge in [-0.1, -0.05) is 18.2 Å². The third-order valence-electron chi connectivity index (χ3n) is 11.0. The molecular formula is C30H34O2S2. The van der Waals surface area contributed by atoms with E-state index in [1.165, 1.54) is 80.7 Å². The second-order valence-electron chi connectivity index (χ2n) is 13.0. The number of carbonyl (C=O) groups excluding carboxylic acids is 2. The van der Waals surface area contributed by atoms with Gasteiger partial charge in [0.25, 0.3) is 0 Å². The fraction of sp³-hybridized carbons (Fsp3) is 0.667. The second kappa shape index (κ2) is 7.68. The molecule has 8 aliphatic carbocycles. The number of thiophene rings is 1. The van der Waals surface area contributed by atoms with Gasteiger partial charge in [-0.05, 0) is 129 Å². The van der Waals surface area contributed by atoms with E-state index in [1.807, 2.05) is 0 Å². The molecule has 0 spiro atoms. The predicted octanol–water partition coefficient (Wildman–Crippen LogP) is 7.85. The van der Waals surface area contributed by atoms with Crippen molar-refractivity contribution in [1.29, 1.82) is 0 Å². The Morgan fingerprint density at radius 1 is 0.676 bits per heavy atom. The molecule has 10 rings (SSSR count). The number of benzene rings is 1. The van der Waals surface area contributed by atoms with Gasteiger partial charge in [-0.15, -0.1) is 11.3 Å². The number of carbonyl (C=O) groups is 2. The van der Waals surface area contributed by atoms with Crippen molar-refractivity contribution in [2.45, 2.75) is 68.4 Å². The highest BCUT2D eigenvalue weighted by atomic mass is 32.2. The summed E-state index contributed by atoms with van der Waals surface area (Å²) in [5.41, 5.74) is 0.917. The summed E-state index contributed by atoms with van der Waals surface area (Å²) >= 11 is 3.17. The standard InChI is InChI=1S/C30H34O2S2/c31-28(25-19-7-15-5-16(9-19)10-20(25)8-15)27-23-3-1-2-4-24(23)33-30(27)34-29(32)26-21-11-17-6-18(13-21)14-22(26)12-17/h1-4,15-22,25-26H,5-14H2.